The molecule has 0 fully saturated rings. The molecule has 12 rings (SSSR count). The van der Waals surface area contributed by atoms with Crippen LogP contribution in [0.3, 0.4) is 0 Å². The molecule has 12 aromatic rings. The number of unbranched alkanes of at least 4 members (excludes halogenated alkanes) is 28. The molecule has 12 heteroatoms. The third kappa shape index (κ3) is 28.6. The monoisotopic (exact) mass is 1800 g/mol. The number of rotatable bonds is 42. The molecule has 0 bridgehead atoms. The van der Waals surface area contributed by atoms with Gasteiger partial charge in [-0.25, -0.2) is 0 Å². The Bertz CT molecular complexity index is 4940. The number of aryl methyl sites for hydroxylation is 6. The first-order valence-electron chi connectivity index (χ1n) is 44.2. The second-order valence-corrected chi connectivity index (χ2v) is 39.8. The summed E-state index contributed by atoms with van der Waals surface area (Å²) in [6.45, 7) is 13.6. The average Bonchev–Trinajstić information content (AvgIpc) is 0.799. The number of fused-ring (bicyclic) bond motifs is 6. The summed E-state index contributed by atoms with van der Waals surface area (Å²) >= 11 is 18.8. The van der Waals surface area contributed by atoms with Gasteiger partial charge >= 0.3 is 3.18 Å². The lowest BCUT2D eigenvalue weighted by Gasteiger charge is -2.17. The third-order valence-electron chi connectivity index (χ3n) is 23.5. The van der Waals surface area contributed by atoms with Crippen molar-refractivity contribution < 1.29 is 29.9 Å². The number of hydrogen-bond donors (Lipinski definition) is 4. The van der Waals surface area contributed by atoms with Crippen molar-refractivity contribution in [3.05, 3.63) is 203 Å². The highest BCUT2D eigenvalue weighted by Gasteiger charge is 2.20. The molecular formula is C105H130BBr3Cl2O6. The lowest BCUT2D eigenvalue weighted by Crippen LogP contribution is -1.94. The van der Waals surface area contributed by atoms with E-state index in [1.54, 1.807) is 50.6 Å². The molecule has 0 heterocycles. The van der Waals surface area contributed by atoms with Crippen molar-refractivity contribution >= 4 is 138 Å². The lowest BCUT2D eigenvalue weighted by atomic mass is 9.90. The molecule has 0 saturated heterocycles. The van der Waals surface area contributed by atoms with Crippen molar-refractivity contribution in [3.8, 4) is 79.0 Å². The molecule has 12 aromatic carbocycles. The summed E-state index contributed by atoms with van der Waals surface area (Å²) in [5, 5.41) is 57.9. The first-order chi connectivity index (χ1) is 56.9. The summed E-state index contributed by atoms with van der Waals surface area (Å²) in [4.78, 5) is 0. The van der Waals surface area contributed by atoms with Crippen LogP contribution in [0.15, 0.2) is 170 Å². The molecule has 0 aliphatic heterocycles. The Morgan fingerprint density at radius 1 is 0.248 bits per heavy atom. The smallest absolute Gasteiger partial charge is 0.369 e. The zero-order valence-electron chi connectivity index (χ0n) is 71.4. The van der Waals surface area contributed by atoms with Gasteiger partial charge in [0.05, 0.1) is 19.6 Å². The van der Waals surface area contributed by atoms with E-state index in [2.05, 4.69) is 210 Å². The van der Waals surface area contributed by atoms with E-state index in [0.29, 0.717) is 22.3 Å². The van der Waals surface area contributed by atoms with E-state index in [1.165, 1.54) is 277 Å². The number of aromatic hydroxyl groups is 4. The summed E-state index contributed by atoms with van der Waals surface area (Å²) in [5.74, 6) is 2.09. The van der Waals surface area contributed by atoms with Crippen LogP contribution in [-0.4, -0.2) is 43.2 Å². The largest absolute Gasteiger partial charge is 0.507 e. The summed E-state index contributed by atoms with van der Waals surface area (Å²) in [6, 6.07) is 59.8. The molecule has 0 unspecified atom stereocenters. The Morgan fingerprint density at radius 3 is 0.709 bits per heavy atom. The Morgan fingerprint density at radius 2 is 0.436 bits per heavy atom. The molecule has 0 saturated carbocycles. The number of hydrogen-bond acceptors (Lipinski definition) is 6. The standard InChI is InChI=1S/C54H68O2.C50H60O4.CH2Cl2.BBr3/c1-7-9-11-13-15-17-19-21-23-41-25-27-43-33-49(39(3)29-45(43)31-41)52-36-46-30-40(4)50(35-48(46)38-54(52)56-6)51-34-44-28-26-42(32-47(44)37-53(51)55-5)24-22-20-18-16-14-12-10-8-2;1-3-5-7-9-11-13-15-17-19-35-21-23-37-27-43(47(51)31-39(37)25-35)45-29-41-34-50(54)46(30-42(41)33-49(45)53)44-28-38-24-22-36(26-40(38)32-48(44)52)20-18-16-14-12-10-8-6-4-2;2-1-3;2-1(3)4/h25-38H,7-24H2,1-6H3;21-34,51-54H,3-20H2,1-2H3;1H2;. The minimum Gasteiger partial charge on any atom is -0.507 e. The minimum absolute atomic E-state index is 0.0341. The van der Waals surface area contributed by atoms with Gasteiger partial charge in [-0.2, -0.15) is 0 Å². The molecule has 0 atom stereocenters. The molecule has 0 amide bonds. The Kier molecular flexibility index (Phi) is 40.4. The van der Waals surface area contributed by atoms with Crippen LogP contribution in [0, 0.1) is 13.8 Å². The Balaban J connectivity index is 0.000000248. The molecule has 6 nitrogen and oxygen atoms in total. The van der Waals surface area contributed by atoms with Crippen LogP contribution in [0.5, 0.6) is 34.5 Å². The zero-order valence-corrected chi connectivity index (χ0v) is 77.7. The van der Waals surface area contributed by atoms with Crippen LogP contribution in [0.1, 0.15) is 267 Å². The highest BCUT2D eigenvalue weighted by Crippen LogP contribution is 2.47. The van der Waals surface area contributed by atoms with Gasteiger partial charge in [-0.05, 0) is 259 Å². The highest BCUT2D eigenvalue weighted by molar-refractivity contribution is 9.69. The lowest BCUT2D eigenvalue weighted by molar-refractivity contribution is 0.417. The van der Waals surface area contributed by atoms with E-state index in [9.17, 15) is 20.4 Å². The molecule has 4 N–H and O–H groups in total. The first-order valence-corrected chi connectivity index (χ1v) is 48.1. The third-order valence-corrected chi connectivity index (χ3v) is 23.5. The second-order valence-electron chi connectivity index (χ2n) is 32.6. The van der Waals surface area contributed by atoms with Gasteiger partial charge in [0.25, 0.3) is 0 Å². The van der Waals surface area contributed by atoms with Crippen LogP contribution in [0.25, 0.3) is 109 Å². The summed E-state index contributed by atoms with van der Waals surface area (Å²) < 4.78 is 12.4. The maximum absolute atomic E-state index is 11.3. The number of phenols is 4. The molecule has 0 aromatic heterocycles. The fourth-order valence-corrected chi connectivity index (χ4v) is 16.9. The van der Waals surface area contributed by atoms with E-state index in [-0.39, 0.29) is 31.5 Å². The second kappa shape index (κ2) is 50.4. The number of ether oxygens (including phenoxy) is 2. The fraction of sp³-hybridized carbons (Fsp3) is 0.429. The number of alkyl halides is 2. The number of phenolic OH excluding ortho intramolecular Hbond substituents is 4. The normalized spacial score (nSPS) is 11.3. The maximum Gasteiger partial charge on any atom is 0.369 e. The van der Waals surface area contributed by atoms with Crippen molar-refractivity contribution in [2.24, 2.45) is 0 Å². The predicted octanol–water partition coefficient (Wildman–Crippen LogP) is 34.7. The molecule has 117 heavy (non-hydrogen) atoms. The summed E-state index contributed by atoms with van der Waals surface area (Å²) in [7, 11) is 3.59. The van der Waals surface area contributed by atoms with Gasteiger partial charge in [0.2, 0.25) is 0 Å². The Labute approximate surface area is 736 Å². The van der Waals surface area contributed by atoms with Gasteiger partial charge in [-0.1, -0.05) is 292 Å². The van der Waals surface area contributed by atoms with Crippen molar-refractivity contribution in [1.82, 2.24) is 0 Å². The fourth-order valence-electron chi connectivity index (χ4n) is 16.9. The van der Waals surface area contributed by atoms with E-state index in [0.717, 1.165) is 86.0 Å². The highest BCUT2D eigenvalue weighted by atomic mass is 79.9. The van der Waals surface area contributed by atoms with Crippen molar-refractivity contribution in [1.29, 1.82) is 0 Å². The maximum atomic E-state index is 11.3. The zero-order chi connectivity index (χ0) is 83.4. The van der Waals surface area contributed by atoms with Crippen LogP contribution in [0.2, 0.25) is 0 Å². The summed E-state index contributed by atoms with van der Waals surface area (Å²) in [6.07, 6.45) is 46.8. The van der Waals surface area contributed by atoms with E-state index >= 15 is 0 Å². The minimum atomic E-state index is 0.0341. The van der Waals surface area contributed by atoms with E-state index in [1.807, 2.05) is 12.1 Å². The van der Waals surface area contributed by atoms with Gasteiger partial charge < -0.3 is 29.9 Å². The SMILES string of the molecule is BrB(Br)Br.CCCCCCCCCCc1ccc2cc(-c3cc4cc(C)c(-c5cc6ccc(CCCCCCCCCC)cc6cc5OC)cc4cc3OC)c(C)cc2c1.CCCCCCCCCCc1ccc2cc(-c3cc4cc(O)c(-c5cc6ccc(CCCCCCCCCC)cc6cc5O)cc4cc3O)c(O)cc2c1.ClCCl. The van der Waals surface area contributed by atoms with Crippen molar-refractivity contribution in [2.75, 3.05) is 19.6 Å². The predicted molar refractivity (Wildman–Crippen MR) is 523 cm³/mol. The number of methoxy groups -OCH3 is 2. The molecule has 624 valence electrons. The average molecular weight is 1810 g/mol. The first kappa shape index (κ1) is 93.9. The van der Waals surface area contributed by atoms with Gasteiger partial charge in [-0.15, -0.1) is 70.5 Å². The molecule has 0 aliphatic carbocycles. The van der Waals surface area contributed by atoms with E-state index < -0.39 is 0 Å². The topological polar surface area (TPSA) is 99.4 Å². The van der Waals surface area contributed by atoms with Gasteiger partial charge in [0.1, 0.15) is 34.5 Å². The molecule has 0 radical (unpaired) electrons. The van der Waals surface area contributed by atoms with Crippen LogP contribution in [-0.2, 0) is 25.7 Å². The number of halogens is 5. The Hall–Kier alpha value is -6.92. The van der Waals surface area contributed by atoms with Crippen LogP contribution in [0.4, 0.5) is 0 Å². The number of benzene rings is 12. The van der Waals surface area contributed by atoms with Gasteiger partial charge in [0, 0.05) is 33.4 Å². The van der Waals surface area contributed by atoms with Crippen LogP contribution < -0.4 is 9.47 Å². The van der Waals surface area contributed by atoms with E-state index in [4.69, 9.17) is 32.7 Å². The molecule has 0 aliphatic rings. The van der Waals surface area contributed by atoms with Crippen molar-refractivity contribution in [2.45, 2.75) is 273 Å². The summed E-state index contributed by atoms with van der Waals surface area (Å²) in [5.41, 5.74) is 14.7. The quantitative estimate of drug-likeness (QED) is 0.0173. The van der Waals surface area contributed by atoms with Gasteiger partial charge in [0.15, 0.2) is 0 Å². The molecule has 0 spiro atoms. The van der Waals surface area contributed by atoms with Crippen LogP contribution >= 0.6 is 70.5 Å². The van der Waals surface area contributed by atoms with Gasteiger partial charge in [-0.3, -0.25) is 0 Å². The van der Waals surface area contributed by atoms with Crippen molar-refractivity contribution in [3.63, 3.8) is 0 Å². The molecular weight excluding hydrogens is 1680 g/mol.